The second-order valence-electron chi connectivity index (χ2n) is 2.46. The molecule has 0 unspecified atom stereocenters. The van der Waals surface area contributed by atoms with E-state index in [0.717, 1.165) is 5.56 Å². The molecule has 0 heterocycles. The van der Waals surface area contributed by atoms with E-state index < -0.39 is 6.09 Å². The number of carbonyl (C=O) groups is 1. The van der Waals surface area contributed by atoms with Crippen LogP contribution in [0.4, 0.5) is 4.79 Å². The van der Waals surface area contributed by atoms with Crippen LogP contribution >= 0.6 is 0 Å². The molecule has 13 heavy (non-hydrogen) atoms. The van der Waals surface area contributed by atoms with E-state index in [0.29, 0.717) is 5.70 Å². The van der Waals surface area contributed by atoms with Gasteiger partial charge in [-0.2, -0.15) is 0 Å². The quantitative estimate of drug-likeness (QED) is 0.750. The fourth-order valence-electron chi connectivity index (χ4n) is 0.886. The zero-order valence-electron chi connectivity index (χ0n) is 7.41. The highest BCUT2D eigenvalue weighted by atomic mass is 16.5. The summed E-state index contributed by atoms with van der Waals surface area (Å²) in [6.45, 7) is 3.70. The lowest BCUT2D eigenvalue weighted by Gasteiger charge is -2.06. The Morgan fingerprint density at radius 2 is 2.00 bits per heavy atom. The van der Waals surface area contributed by atoms with E-state index >= 15 is 0 Å². The van der Waals surface area contributed by atoms with Crippen LogP contribution in [0.2, 0.25) is 0 Å². The predicted octanol–water partition coefficient (Wildman–Crippen LogP) is 2.01. The van der Waals surface area contributed by atoms with Crippen molar-refractivity contribution in [3.8, 4) is 0 Å². The van der Waals surface area contributed by atoms with Crippen molar-refractivity contribution in [2.24, 2.45) is 0 Å². The summed E-state index contributed by atoms with van der Waals surface area (Å²) in [4.78, 5) is 10.8. The maximum absolute atomic E-state index is 10.8. The van der Waals surface area contributed by atoms with Crippen molar-refractivity contribution in [3.05, 3.63) is 42.5 Å². The molecule has 1 rings (SSSR count). The van der Waals surface area contributed by atoms with Gasteiger partial charge in [-0.25, -0.2) is 4.79 Å². The van der Waals surface area contributed by atoms with Crippen LogP contribution in [-0.4, -0.2) is 13.2 Å². The number of rotatable bonds is 2. The average molecular weight is 177 g/mol. The maximum atomic E-state index is 10.8. The molecule has 1 aromatic rings. The van der Waals surface area contributed by atoms with Crippen molar-refractivity contribution in [2.45, 2.75) is 0 Å². The number of hydrogen-bond donors (Lipinski definition) is 1. The van der Waals surface area contributed by atoms with Crippen LogP contribution in [-0.2, 0) is 4.74 Å². The molecule has 0 aromatic heterocycles. The van der Waals surface area contributed by atoms with Gasteiger partial charge in [0.15, 0.2) is 0 Å². The van der Waals surface area contributed by atoms with Crippen LogP contribution in [0, 0.1) is 0 Å². The molecule has 1 amide bonds. The first-order chi connectivity index (χ1) is 6.24. The monoisotopic (exact) mass is 177 g/mol. The van der Waals surface area contributed by atoms with Gasteiger partial charge in [0.2, 0.25) is 0 Å². The summed E-state index contributed by atoms with van der Waals surface area (Å²) >= 11 is 0. The summed E-state index contributed by atoms with van der Waals surface area (Å²) in [5, 5.41) is 2.49. The standard InChI is InChI=1S/C10H11NO2/c1-8(11-10(12)13-2)9-6-4-3-5-7-9/h3-7H,1H2,2H3,(H,11,12). The first-order valence-electron chi connectivity index (χ1n) is 3.83. The Balaban J connectivity index is 2.65. The predicted molar refractivity (Wildman–Crippen MR) is 51.0 cm³/mol. The molecule has 0 aliphatic heterocycles. The van der Waals surface area contributed by atoms with Crippen molar-refractivity contribution >= 4 is 11.8 Å². The highest BCUT2D eigenvalue weighted by molar-refractivity contribution is 5.80. The molecule has 0 radical (unpaired) electrons. The van der Waals surface area contributed by atoms with Gasteiger partial charge in [-0.3, -0.25) is 5.32 Å². The van der Waals surface area contributed by atoms with Gasteiger partial charge in [0.05, 0.1) is 7.11 Å². The highest BCUT2D eigenvalue weighted by Crippen LogP contribution is 2.07. The summed E-state index contributed by atoms with van der Waals surface area (Å²) < 4.78 is 4.43. The van der Waals surface area contributed by atoms with Crippen LogP contribution in [0.15, 0.2) is 36.9 Å². The van der Waals surface area contributed by atoms with Crippen LogP contribution in [0.5, 0.6) is 0 Å². The van der Waals surface area contributed by atoms with Gasteiger partial charge < -0.3 is 4.74 Å². The molecule has 1 aromatic carbocycles. The molecule has 0 fully saturated rings. The minimum Gasteiger partial charge on any atom is -0.453 e. The molecular weight excluding hydrogens is 166 g/mol. The fraction of sp³-hybridized carbons (Fsp3) is 0.100. The molecule has 3 heteroatoms. The second kappa shape index (κ2) is 4.30. The normalized spacial score (nSPS) is 9.00. The molecule has 0 aliphatic carbocycles. The van der Waals surface area contributed by atoms with Gasteiger partial charge in [0.1, 0.15) is 0 Å². The van der Waals surface area contributed by atoms with Crippen molar-refractivity contribution in [2.75, 3.05) is 7.11 Å². The lowest BCUT2D eigenvalue weighted by Crippen LogP contribution is -2.20. The number of nitrogens with one attached hydrogen (secondary N) is 1. The van der Waals surface area contributed by atoms with Gasteiger partial charge >= 0.3 is 6.09 Å². The number of hydrogen-bond acceptors (Lipinski definition) is 2. The highest BCUT2D eigenvalue weighted by Gasteiger charge is 2.02. The van der Waals surface area contributed by atoms with E-state index in [1.54, 1.807) is 0 Å². The van der Waals surface area contributed by atoms with Crippen LogP contribution < -0.4 is 5.32 Å². The Kier molecular flexibility index (Phi) is 3.09. The summed E-state index contributed by atoms with van der Waals surface area (Å²) in [5.41, 5.74) is 1.40. The SMILES string of the molecule is C=C(NC(=O)OC)c1ccccc1. The van der Waals surface area contributed by atoms with Gasteiger partial charge in [0, 0.05) is 5.70 Å². The smallest absolute Gasteiger partial charge is 0.411 e. The first kappa shape index (κ1) is 9.32. The Hall–Kier alpha value is -1.77. The second-order valence-corrected chi connectivity index (χ2v) is 2.46. The van der Waals surface area contributed by atoms with Crippen molar-refractivity contribution in [1.29, 1.82) is 0 Å². The molecule has 0 atom stereocenters. The third kappa shape index (κ3) is 2.63. The van der Waals surface area contributed by atoms with E-state index in [1.807, 2.05) is 30.3 Å². The largest absolute Gasteiger partial charge is 0.453 e. The minimum absolute atomic E-state index is 0.506. The zero-order chi connectivity index (χ0) is 9.68. The van der Waals surface area contributed by atoms with E-state index in [2.05, 4.69) is 16.6 Å². The van der Waals surface area contributed by atoms with Gasteiger partial charge in [-0.15, -0.1) is 0 Å². The summed E-state index contributed by atoms with van der Waals surface area (Å²) in [5.74, 6) is 0. The number of alkyl carbamates (subject to hydrolysis) is 1. The van der Waals surface area contributed by atoms with E-state index in [9.17, 15) is 4.79 Å². The lowest BCUT2D eigenvalue weighted by molar-refractivity contribution is 0.176. The topological polar surface area (TPSA) is 38.3 Å². The molecule has 0 aliphatic rings. The van der Waals surface area contributed by atoms with Crippen LogP contribution in [0.3, 0.4) is 0 Å². The molecule has 1 N–H and O–H groups in total. The summed E-state index contributed by atoms with van der Waals surface area (Å²) in [7, 11) is 1.31. The van der Waals surface area contributed by atoms with Gasteiger partial charge in [0.25, 0.3) is 0 Å². The van der Waals surface area contributed by atoms with Crippen molar-refractivity contribution in [1.82, 2.24) is 5.32 Å². The minimum atomic E-state index is -0.506. The van der Waals surface area contributed by atoms with E-state index in [-0.39, 0.29) is 0 Å². The van der Waals surface area contributed by atoms with Gasteiger partial charge in [-0.1, -0.05) is 36.9 Å². The maximum Gasteiger partial charge on any atom is 0.411 e. The number of ether oxygens (including phenoxy) is 1. The Morgan fingerprint density at radius 3 is 2.54 bits per heavy atom. The molecule has 0 bridgehead atoms. The molecular formula is C10H11NO2. The molecule has 3 nitrogen and oxygen atoms in total. The Morgan fingerprint density at radius 1 is 1.38 bits per heavy atom. The van der Waals surface area contributed by atoms with Crippen molar-refractivity contribution < 1.29 is 9.53 Å². The zero-order valence-corrected chi connectivity index (χ0v) is 7.41. The molecule has 0 saturated heterocycles. The summed E-state index contributed by atoms with van der Waals surface area (Å²) in [6.07, 6.45) is -0.506. The third-order valence-corrected chi connectivity index (χ3v) is 1.56. The van der Waals surface area contributed by atoms with E-state index in [4.69, 9.17) is 0 Å². The average Bonchev–Trinajstić information content (AvgIpc) is 2.19. The lowest BCUT2D eigenvalue weighted by atomic mass is 10.2. The Bertz CT molecular complexity index is 306. The molecule has 68 valence electrons. The number of benzene rings is 1. The van der Waals surface area contributed by atoms with Crippen LogP contribution in [0.25, 0.3) is 5.70 Å². The fourth-order valence-corrected chi connectivity index (χ4v) is 0.886. The Labute approximate surface area is 77.0 Å². The van der Waals surface area contributed by atoms with Crippen LogP contribution in [0.1, 0.15) is 5.56 Å². The molecule has 0 spiro atoms. The summed E-state index contributed by atoms with van der Waals surface area (Å²) in [6, 6.07) is 9.37. The number of methoxy groups -OCH3 is 1. The van der Waals surface area contributed by atoms with E-state index in [1.165, 1.54) is 7.11 Å². The molecule has 0 saturated carbocycles. The first-order valence-corrected chi connectivity index (χ1v) is 3.83. The van der Waals surface area contributed by atoms with Crippen molar-refractivity contribution in [3.63, 3.8) is 0 Å². The van der Waals surface area contributed by atoms with Gasteiger partial charge in [-0.05, 0) is 5.56 Å². The number of carbonyl (C=O) groups excluding carboxylic acids is 1. The third-order valence-electron chi connectivity index (χ3n) is 1.56. The number of amides is 1.